The Morgan fingerprint density at radius 2 is 2.43 bits per heavy atom. The minimum absolute atomic E-state index is 0.0455. The lowest BCUT2D eigenvalue weighted by Gasteiger charge is -2.24. The van der Waals surface area contributed by atoms with E-state index in [4.69, 9.17) is 9.47 Å². The second-order valence-electron chi connectivity index (χ2n) is 5.45. The fourth-order valence-electron chi connectivity index (χ4n) is 2.47. The summed E-state index contributed by atoms with van der Waals surface area (Å²) in [5.74, 6) is -0.0455. The van der Waals surface area contributed by atoms with Crippen molar-refractivity contribution in [2.24, 2.45) is 7.05 Å². The summed E-state index contributed by atoms with van der Waals surface area (Å²) in [4.78, 5) is 11.6. The highest BCUT2D eigenvalue weighted by Gasteiger charge is 2.25. The first-order valence-corrected chi connectivity index (χ1v) is 7.46. The summed E-state index contributed by atoms with van der Waals surface area (Å²) in [7, 11) is 3.43. The number of ether oxygens (including phenoxy) is 2. The molecule has 0 saturated carbocycles. The van der Waals surface area contributed by atoms with Crippen molar-refractivity contribution in [2.75, 3.05) is 20.3 Å². The summed E-state index contributed by atoms with van der Waals surface area (Å²) in [6.45, 7) is 1.84. The van der Waals surface area contributed by atoms with Gasteiger partial charge in [-0.05, 0) is 0 Å². The van der Waals surface area contributed by atoms with Crippen LogP contribution in [0.1, 0.15) is 12.1 Å². The van der Waals surface area contributed by atoms with Crippen molar-refractivity contribution in [1.29, 1.82) is 0 Å². The maximum absolute atomic E-state index is 11.6. The maximum atomic E-state index is 11.6. The molecule has 9 nitrogen and oxygen atoms in total. The maximum Gasteiger partial charge on any atom is 0.222 e. The molecule has 1 N–H and O–H groups in total. The van der Waals surface area contributed by atoms with Crippen molar-refractivity contribution < 1.29 is 14.3 Å². The number of nitrogens with zero attached hydrogens (tertiary/aromatic N) is 5. The number of carbonyl (C=O) groups is 1. The highest BCUT2D eigenvalue weighted by atomic mass is 16.5. The fraction of sp³-hybridized carbons (Fsp3) is 0.571. The second-order valence-corrected chi connectivity index (χ2v) is 5.45. The topological polar surface area (TPSA) is 96.1 Å². The van der Waals surface area contributed by atoms with Crippen LogP contribution in [0.15, 0.2) is 12.4 Å². The molecule has 0 saturated heterocycles. The average Bonchev–Trinajstić information content (AvgIpc) is 3.16. The largest absolute Gasteiger partial charge is 0.384 e. The molecule has 3 heterocycles. The monoisotopic (exact) mass is 320 g/mol. The van der Waals surface area contributed by atoms with E-state index >= 15 is 0 Å². The van der Waals surface area contributed by atoms with Crippen LogP contribution in [0.4, 0.5) is 0 Å². The third-order valence-electron chi connectivity index (χ3n) is 3.71. The van der Waals surface area contributed by atoms with E-state index < -0.39 is 0 Å². The van der Waals surface area contributed by atoms with Gasteiger partial charge in [-0.15, -0.1) is 5.10 Å². The molecule has 9 heteroatoms. The third kappa shape index (κ3) is 3.57. The van der Waals surface area contributed by atoms with Gasteiger partial charge in [-0.25, -0.2) is 4.68 Å². The van der Waals surface area contributed by atoms with Crippen LogP contribution in [0.25, 0.3) is 11.3 Å². The summed E-state index contributed by atoms with van der Waals surface area (Å²) in [6, 6.07) is 0. The summed E-state index contributed by atoms with van der Waals surface area (Å²) in [5.41, 5.74) is 2.64. The van der Waals surface area contributed by atoms with E-state index in [1.165, 1.54) is 0 Å². The fourth-order valence-corrected chi connectivity index (χ4v) is 2.47. The first-order chi connectivity index (χ1) is 11.2. The van der Waals surface area contributed by atoms with Gasteiger partial charge in [-0.2, -0.15) is 5.10 Å². The van der Waals surface area contributed by atoms with Crippen molar-refractivity contribution in [3.63, 3.8) is 0 Å². The molecule has 23 heavy (non-hydrogen) atoms. The molecule has 0 fully saturated rings. The van der Waals surface area contributed by atoms with Gasteiger partial charge in [-0.3, -0.25) is 9.48 Å². The summed E-state index contributed by atoms with van der Waals surface area (Å²) in [6.07, 6.45) is 3.89. The lowest BCUT2D eigenvalue weighted by Crippen LogP contribution is -2.39. The van der Waals surface area contributed by atoms with Gasteiger partial charge in [0.2, 0.25) is 5.91 Å². The lowest BCUT2D eigenvalue weighted by atomic mass is 10.2. The average molecular weight is 320 g/mol. The van der Waals surface area contributed by atoms with Gasteiger partial charge in [0.05, 0.1) is 37.8 Å². The van der Waals surface area contributed by atoms with Crippen LogP contribution in [0.3, 0.4) is 0 Å². The van der Waals surface area contributed by atoms with E-state index in [0.29, 0.717) is 32.7 Å². The quantitative estimate of drug-likeness (QED) is 0.787. The molecule has 1 amide bonds. The summed E-state index contributed by atoms with van der Waals surface area (Å²) in [5, 5.41) is 15.4. The molecule has 2 aromatic rings. The Balaban J connectivity index is 1.59. The predicted octanol–water partition coefficient (Wildman–Crippen LogP) is -0.270. The molecule has 3 rings (SSSR count). The Kier molecular flexibility index (Phi) is 4.68. The van der Waals surface area contributed by atoms with Gasteiger partial charge in [0, 0.05) is 38.9 Å². The molecule has 1 aliphatic rings. The van der Waals surface area contributed by atoms with E-state index in [1.54, 1.807) is 18.0 Å². The molecule has 0 aromatic carbocycles. The molecule has 0 aliphatic carbocycles. The third-order valence-corrected chi connectivity index (χ3v) is 3.71. The zero-order valence-corrected chi connectivity index (χ0v) is 13.2. The molecular weight excluding hydrogens is 300 g/mol. The number of carbonyl (C=O) groups excluding carboxylic acids is 1. The van der Waals surface area contributed by atoms with Crippen molar-refractivity contribution in [3.05, 3.63) is 18.1 Å². The van der Waals surface area contributed by atoms with Crippen molar-refractivity contribution in [2.45, 2.75) is 25.7 Å². The van der Waals surface area contributed by atoms with Crippen LogP contribution in [0, 0.1) is 0 Å². The first-order valence-electron chi connectivity index (χ1n) is 7.46. The zero-order chi connectivity index (χ0) is 16.2. The van der Waals surface area contributed by atoms with Crippen LogP contribution in [0.5, 0.6) is 0 Å². The molecule has 1 atom stereocenters. The van der Waals surface area contributed by atoms with Crippen LogP contribution in [-0.2, 0) is 34.5 Å². The number of hydrogen-bond acceptors (Lipinski definition) is 6. The van der Waals surface area contributed by atoms with Gasteiger partial charge < -0.3 is 14.8 Å². The number of nitrogens with one attached hydrogen (secondary N) is 1. The van der Waals surface area contributed by atoms with Gasteiger partial charge in [-0.1, -0.05) is 5.21 Å². The van der Waals surface area contributed by atoms with Crippen LogP contribution >= 0.6 is 0 Å². The Hall–Kier alpha value is -2.26. The van der Waals surface area contributed by atoms with Crippen LogP contribution in [-0.4, -0.2) is 57.0 Å². The number of rotatable bonds is 6. The van der Waals surface area contributed by atoms with Crippen molar-refractivity contribution in [3.8, 4) is 11.3 Å². The van der Waals surface area contributed by atoms with E-state index in [0.717, 1.165) is 17.0 Å². The Bertz CT molecular complexity index is 680. The first kappa shape index (κ1) is 15.6. The Labute approximate surface area is 133 Å². The number of amides is 1. The molecule has 1 aliphatic heterocycles. The van der Waals surface area contributed by atoms with Gasteiger partial charge in [0.1, 0.15) is 5.69 Å². The standard InChI is InChI=1S/C14H20N6O3/c1-19-7-10(5-16-19)14-12-9-23-11(8-20(12)18-17-14)6-15-13(21)3-4-22-2/h5,7,11H,3-4,6,8-9H2,1-2H3,(H,15,21). The van der Waals surface area contributed by atoms with Crippen LogP contribution < -0.4 is 5.32 Å². The molecule has 2 aromatic heterocycles. The molecule has 0 bridgehead atoms. The zero-order valence-electron chi connectivity index (χ0n) is 13.2. The molecule has 0 spiro atoms. The van der Waals surface area contributed by atoms with E-state index in [-0.39, 0.29) is 12.0 Å². The van der Waals surface area contributed by atoms with E-state index in [1.807, 2.05) is 17.9 Å². The minimum Gasteiger partial charge on any atom is -0.384 e. The van der Waals surface area contributed by atoms with Crippen molar-refractivity contribution >= 4 is 5.91 Å². The number of hydrogen-bond donors (Lipinski definition) is 1. The van der Waals surface area contributed by atoms with Gasteiger partial charge in [0.15, 0.2) is 0 Å². The van der Waals surface area contributed by atoms with Crippen LogP contribution in [0.2, 0.25) is 0 Å². The summed E-state index contributed by atoms with van der Waals surface area (Å²) >= 11 is 0. The number of aromatic nitrogens is 5. The molecule has 1 unspecified atom stereocenters. The number of fused-ring (bicyclic) bond motifs is 1. The number of methoxy groups -OCH3 is 1. The van der Waals surface area contributed by atoms with E-state index in [9.17, 15) is 4.79 Å². The highest BCUT2D eigenvalue weighted by molar-refractivity contribution is 5.75. The SMILES string of the molecule is COCCC(=O)NCC1Cn2nnc(-c3cnn(C)c3)c2CO1. The number of aryl methyl sites for hydroxylation is 1. The highest BCUT2D eigenvalue weighted by Crippen LogP contribution is 2.24. The lowest BCUT2D eigenvalue weighted by molar-refractivity contribution is -0.123. The molecule has 124 valence electrons. The Morgan fingerprint density at radius 1 is 1.57 bits per heavy atom. The Morgan fingerprint density at radius 3 is 3.17 bits per heavy atom. The summed E-state index contributed by atoms with van der Waals surface area (Å²) < 4.78 is 14.2. The predicted molar refractivity (Wildman–Crippen MR) is 80.3 cm³/mol. The molecule has 0 radical (unpaired) electrons. The second kappa shape index (κ2) is 6.88. The van der Waals surface area contributed by atoms with Gasteiger partial charge >= 0.3 is 0 Å². The van der Waals surface area contributed by atoms with E-state index in [2.05, 4.69) is 20.7 Å². The molecular formula is C14H20N6O3. The smallest absolute Gasteiger partial charge is 0.222 e. The normalized spacial score (nSPS) is 17.0. The van der Waals surface area contributed by atoms with Gasteiger partial charge in [0.25, 0.3) is 0 Å². The van der Waals surface area contributed by atoms with Crippen molar-refractivity contribution in [1.82, 2.24) is 30.1 Å². The minimum atomic E-state index is -0.113.